The molecule has 4 aliphatic rings. The van der Waals surface area contributed by atoms with Gasteiger partial charge in [0.05, 0.1) is 6.54 Å². The fourth-order valence-electron chi connectivity index (χ4n) is 6.47. The molecule has 0 saturated carbocycles. The van der Waals surface area contributed by atoms with Crippen LogP contribution >= 0.6 is 0 Å². The number of likely N-dealkylation sites (tertiary alicyclic amines) is 1. The lowest BCUT2D eigenvalue weighted by atomic mass is 9.80. The van der Waals surface area contributed by atoms with Crippen molar-refractivity contribution in [1.29, 1.82) is 0 Å². The maximum Gasteiger partial charge on any atom is 0.245 e. The average molecular weight is 556 g/mol. The molecule has 0 aliphatic carbocycles. The third-order valence-electron chi connectivity index (χ3n) is 8.74. The summed E-state index contributed by atoms with van der Waals surface area (Å²) in [5.41, 5.74) is 0.899. The van der Waals surface area contributed by atoms with Crippen LogP contribution < -0.4 is 5.32 Å². The van der Waals surface area contributed by atoms with Crippen molar-refractivity contribution in [3.63, 3.8) is 0 Å². The maximum absolute atomic E-state index is 14.5. The number of fused-ring (bicyclic) bond motifs is 3. The molecule has 0 unspecified atom stereocenters. The topological polar surface area (TPSA) is 110 Å². The highest BCUT2D eigenvalue weighted by molar-refractivity contribution is 5.93. The summed E-state index contributed by atoms with van der Waals surface area (Å²) in [5.74, 6) is -1.96. The molecule has 2 bridgehead atoms. The summed E-state index contributed by atoms with van der Waals surface area (Å²) >= 11 is 0. The van der Waals surface area contributed by atoms with Gasteiger partial charge in [-0.05, 0) is 36.7 Å². The van der Waals surface area contributed by atoms with Gasteiger partial charge in [-0.2, -0.15) is 0 Å². The molecule has 5 amide bonds. The molecule has 11 heteroatoms. The van der Waals surface area contributed by atoms with Gasteiger partial charge in [0, 0.05) is 52.0 Å². The van der Waals surface area contributed by atoms with Crippen molar-refractivity contribution in [2.24, 2.45) is 11.8 Å². The molecular weight excluding hydrogens is 517 g/mol. The van der Waals surface area contributed by atoms with Crippen molar-refractivity contribution in [3.8, 4) is 0 Å². The van der Waals surface area contributed by atoms with Crippen molar-refractivity contribution >= 4 is 29.5 Å². The Kier molecular flexibility index (Phi) is 8.66. The van der Waals surface area contributed by atoms with Crippen LogP contribution in [-0.4, -0.2) is 107 Å². The van der Waals surface area contributed by atoms with Crippen molar-refractivity contribution in [1.82, 2.24) is 24.9 Å². The number of carbonyl (C=O) groups excluding carboxylic acids is 5. The van der Waals surface area contributed by atoms with E-state index in [-0.39, 0.29) is 68.6 Å². The predicted molar refractivity (Wildman–Crippen MR) is 143 cm³/mol. The summed E-state index contributed by atoms with van der Waals surface area (Å²) < 4.78 is 14.5. The van der Waals surface area contributed by atoms with Crippen LogP contribution in [0.25, 0.3) is 0 Å². The monoisotopic (exact) mass is 555 g/mol. The normalized spacial score (nSPS) is 27.5. The standard InChI is InChI=1S/C29H38FN5O5/c30-23-14-24-29(40)33-11-8-21(12-26(37)32-9-4-5-10-32)22(16-33)13-27(38)34(19-28(39)35(24)17-23)18-25(36)31-15-20-6-2-1-3-7-20/h1-3,6-7,21-24H,4-5,8-19H2,(H,31,36)/t21-,22-,23-,24-/m0/s1. The lowest BCUT2D eigenvalue weighted by Gasteiger charge is -2.40. The molecule has 0 aromatic heterocycles. The van der Waals surface area contributed by atoms with E-state index in [2.05, 4.69) is 5.32 Å². The SMILES string of the molecule is O=C(CN1CC(=O)N2C[C@@H](F)C[C@H]2C(=O)N2CC[C@@H](CC(=O)N3CCCC3)[C@@H](CC1=O)C2)NCc1ccccc1. The zero-order valence-electron chi connectivity index (χ0n) is 22.8. The lowest BCUT2D eigenvalue weighted by molar-refractivity contribution is -0.146. The Morgan fingerprint density at radius 1 is 0.975 bits per heavy atom. The van der Waals surface area contributed by atoms with Crippen molar-refractivity contribution < 1.29 is 28.4 Å². The van der Waals surface area contributed by atoms with Gasteiger partial charge in [0.15, 0.2) is 0 Å². The Labute approximate surface area is 233 Å². The van der Waals surface area contributed by atoms with E-state index in [4.69, 9.17) is 0 Å². The van der Waals surface area contributed by atoms with Crippen LogP contribution in [-0.2, 0) is 30.5 Å². The molecule has 1 aromatic carbocycles. The first kappa shape index (κ1) is 28.0. The fourth-order valence-corrected chi connectivity index (χ4v) is 6.47. The minimum Gasteiger partial charge on any atom is -0.350 e. The number of benzene rings is 1. The van der Waals surface area contributed by atoms with Crippen LogP contribution in [0.5, 0.6) is 0 Å². The van der Waals surface area contributed by atoms with E-state index in [0.717, 1.165) is 31.5 Å². The first-order valence-corrected chi connectivity index (χ1v) is 14.4. The van der Waals surface area contributed by atoms with Gasteiger partial charge in [-0.25, -0.2) is 4.39 Å². The van der Waals surface area contributed by atoms with E-state index in [1.54, 1.807) is 4.90 Å². The smallest absolute Gasteiger partial charge is 0.245 e. The molecule has 1 aromatic rings. The Hall–Kier alpha value is -3.50. The van der Waals surface area contributed by atoms with Gasteiger partial charge in [0.1, 0.15) is 25.3 Å². The van der Waals surface area contributed by atoms with Crippen LogP contribution in [0.1, 0.15) is 44.1 Å². The van der Waals surface area contributed by atoms with E-state index in [0.29, 0.717) is 19.4 Å². The zero-order chi connectivity index (χ0) is 28.2. The second-order valence-corrected chi connectivity index (χ2v) is 11.5. The molecule has 4 fully saturated rings. The van der Waals surface area contributed by atoms with Crippen LogP contribution in [0.4, 0.5) is 4.39 Å². The number of carbonyl (C=O) groups is 5. The summed E-state index contributed by atoms with van der Waals surface area (Å²) in [4.78, 5) is 72.2. The lowest BCUT2D eigenvalue weighted by Crippen LogP contribution is -2.52. The number of piperidine rings is 1. The van der Waals surface area contributed by atoms with Gasteiger partial charge in [0.25, 0.3) is 0 Å². The molecule has 4 heterocycles. The average Bonchev–Trinajstić information content (AvgIpc) is 3.62. The largest absolute Gasteiger partial charge is 0.350 e. The molecule has 4 atom stereocenters. The highest BCUT2D eigenvalue weighted by Crippen LogP contribution is 2.33. The second-order valence-electron chi connectivity index (χ2n) is 11.5. The number of hydrogen-bond donors (Lipinski definition) is 1. The third kappa shape index (κ3) is 6.45. The van der Waals surface area contributed by atoms with Gasteiger partial charge in [0.2, 0.25) is 29.5 Å². The molecule has 10 nitrogen and oxygen atoms in total. The van der Waals surface area contributed by atoms with Gasteiger partial charge in [-0.1, -0.05) is 30.3 Å². The predicted octanol–water partition coefficient (Wildman–Crippen LogP) is 0.951. The number of amides is 5. The van der Waals surface area contributed by atoms with Gasteiger partial charge in [-0.15, -0.1) is 0 Å². The molecule has 40 heavy (non-hydrogen) atoms. The quantitative estimate of drug-likeness (QED) is 0.562. The van der Waals surface area contributed by atoms with Crippen molar-refractivity contribution in [2.75, 3.05) is 45.8 Å². The molecule has 1 N–H and O–H groups in total. The van der Waals surface area contributed by atoms with Crippen LogP contribution in [0.15, 0.2) is 30.3 Å². The highest BCUT2D eigenvalue weighted by Gasteiger charge is 2.45. The van der Waals surface area contributed by atoms with Crippen molar-refractivity contribution in [3.05, 3.63) is 35.9 Å². The minimum absolute atomic E-state index is 0.0252. The van der Waals surface area contributed by atoms with Gasteiger partial charge >= 0.3 is 0 Å². The van der Waals surface area contributed by atoms with E-state index in [9.17, 15) is 28.4 Å². The summed E-state index contributed by atoms with van der Waals surface area (Å²) in [6.07, 6.45) is 1.46. The molecule has 5 rings (SSSR count). The highest BCUT2D eigenvalue weighted by atomic mass is 19.1. The van der Waals surface area contributed by atoms with Gasteiger partial charge in [-0.3, -0.25) is 24.0 Å². The fraction of sp³-hybridized carbons (Fsp3) is 0.621. The molecule has 4 saturated heterocycles. The Balaban J connectivity index is 1.34. The molecule has 0 spiro atoms. The second kappa shape index (κ2) is 12.3. The van der Waals surface area contributed by atoms with Crippen molar-refractivity contribution in [2.45, 2.75) is 57.3 Å². The Bertz CT molecular complexity index is 1130. The first-order chi connectivity index (χ1) is 19.3. The van der Waals surface area contributed by atoms with Crippen LogP contribution in [0.3, 0.4) is 0 Å². The molecule has 216 valence electrons. The Morgan fingerprint density at radius 2 is 1.73 bits per heavy atom. The number of nitrogens with zero attached hydrogens (tertiary/aromatic N) is 4. The van der Waals surface area contributed by atoms with Crippen LogP contribution in [0, 0.1) is 11.8 Å². The number of alkyl halides is 1. The summed E-state index contributed by atoms with van der Waals surface area (Å²) in [5, 5.41) is 2.80. The summed E-state index contributed by atoms with van der Waals surface area (Å²) in [6, 6.07) is 8.43. The first-order valence-electron chi connectivity index (χ1n) is 14.4. The summed E-state index contributed by atoms with van der Waals surface area (Å²) in [6.45, 7) is 1.51. The third-order valence-corrected chi connectivity index (χ3v) is 8.74. The molecule has 4 aliphatic heterocycles. The van der Waals surface area contributed by atoms with E-state index in [1.807, 2.05) is 35.2 Å². The number of nitrogens with one attached hydrogen (secondary N) is 1. The van der Waals surface area contributed by atoms with Crippen LogP contribution in [0.2, 0.25) is 0 Å². The van der Waals surface area contributed by atoms with E-state index in [1.165, 1.54) is 9.80 Å². The maximum atomic E-state index is 14.5. The van der Waals surface area contributed by atoms with E-state index < -0.39 is 30.6 Å². The van der Waals surface area contributed by atoms with E-state index >= 15 is 0 Å². The zero-order valence-corrected chi connectivity index (χ0v) is 22.8. The number of halogens is 1. The summed E-state index contributed by atoms with van der Waals surface area (Å²) in [7, 11) is 0. The molecule has 0 radical (unpaired) electrons. The van der Waals surface area contributed by atoms with Gasteiger partial charge < -0.3 is 24.9 Å². The molecular formula is C29H38FN5O5. The number of rotatable bonds is 6. The Morgan fingerprint density at radius 3 is 2.48 bits per heavy atom. The minimum atomic E-state index is -1.33. The number of hydrogen-bond acceptors (Lipinski definition) is 5.